The summed E-state index contributed by atoms with van der Waals surface area (Å²) in [5.74, 6) is 0.292. The second-order valence-corrected chi connectivity index (χ2v) is 8.07. The van der Waals surface area contributed by atoms with Gasteiger partial charge in [0.1, 0.15) is 17.3 Å². The average molecular weight is 441 g/mol. The first-order valence-corrected chi connectivity index (χ1v) is 10.4. The highest BCUT2D eigenvalue weighted by molar-refractivity contribution is 7.80. The Morgan fingerprint density at radius 1 is 1.16 bits per heavy atom. The Kier molecular flexibility index (Phi) is 5.79. The maximum atomic E-state index is 13.1. The topological polar surface area (TPSA) is 111 Å². The first-order valence-electron chi connectivity index (χ1n) is 10.0. The summed E-state index contributed by atoms with van der Waals surface area (Å²) >= 11 is 5.02. The molecular formula is C22H24N4O4S. The van der Waals surface area contributed by atoms with Crippen LogP contribution in [-0.4, -0.2) is 48.7 Å². The van der Waals surface area contributed by atoms with Gasteiger partial charge in [-0.05, 0) is 49.4 Å². The molecule has 2 fully saturated rings. The van der Waals surface area contributed by atoms with Gasteiger partial charge in [0.15, 0.2) is 6.10 Å². The molecule has 2 aliphatic heterocycles. The number of amides is 2. The van der Waals surface area contributed by atoms with Crippen molar-refractivity contribution in [1.82, 2.24) is 0 Å². The van der Waals surface area contributed by atoms with Crippen LogP contribution in [0.4, 0.5) is 17.1 Å². The first-order chi connectivity index (χ1) is 14.8. The lowest BCUT2D eigenvalue weighted by atomic mass is 10.1. The summed E-state index contributed by atoms with van der Waals surface area (Å²) in [6.45, 7) is 3.09. The van der Waals surface area contributed by atoms with Crippen molar-refractivity contribution in [1.29, 1.82) is 0 Å². The van der Waals surface area contributed by atoms with Gasteiger partial charge in [-0.2, -0.15) is 0 Å². The Morgan fingerprint density at radius 3 is 2.55 bits per heavy atom. The number of benzene rings is 2. The molecule has 0 aliphatic carbocycles. The average Bonchev–Trinajstić information content (AvgIpc) is 3.02. The molecule has 9 heteroatoms. The number of carbonyl (C=O) groups is 2. The van der Waals surface area contributed by atoms with Crippen molar-refractivity contribution < 1.29 is 19.1 Å². The van der Waals surface area contributed by atoms with Crippen LogP contribution in [0.3, 0.4) is 0 Å². The number of anilines is 3. The van der Waals surface area contributed by atoms with Gasteiger partial charge in [0.25, 0.3) is 11.8 Å². The lowest BCUT2D eigenvalue weighted by Crippen LogP contribution is -2.41. The van der Waals surface area contributed by atoms with Gasteiger partial charge in [-0.25, -0.2) is 0 Å². The van der Waals surface area contributed by atoms with Gasteiger partial charge < -0.3 is 30.7 Å². The smallest absolute Gasteiger partial charge is 0.268 e. The number of hydrogen-bond donors (Lipinski definition) is 2. The molecule has 2 amide bonds. The van der Waals surface area contributed by atoms with E-state index in [0.29, 0.717) is 36.6 Å². The lowest BCUT2D eigenvalue weighted by Gasteiger charge is -2.28. The van der Waals surface area contributed by atoms with Crippen LogP contribution in [0, 0.1) is 0 Å². The molecule has 0 aromatic heterocycles. The molecule has 0 bridgehead atoms. The van der Waals surface area contributed by atoms with E-state index in [9.17, 15) is 9.59 Å². The van der Waals surface area contributed by atoms with Crippen molar-refractivity contribution in [2.75, 3.05) is 35.3 Å². The fraction of sp³-hybridized carbons (Fsp3) is 0.318. The maximum absolute atomic E-state index is 13.1. The number of rotatable bonds is 5. The van der Waals surface area contributed by atoms with E-state index in [4.69, 9.17) is 33.2 Å². The van der Waals surface area contributed by atoms with E-state index >= 15 is 0 Å². The van der Waals surface area contributed by atoms with Crippen LogP contribution in [-0.2, 0) is 14.3 Å². The highest BCUT2D eigenvalue weighted by atomic mass is 32.1. The van der Waals surface area contributed by atoms with E-state index in [1.165, 1.54) is 0 Å². The van der Waals surface area contributed by atoms with Gasteiger partial charge in [0.05, 0.1) is 6.61 Å². The molecule has 2 aromatic carbocycles. The highest BCUT2D eigenvalue weighted by Crippen LogP contribution is 2.31. The van der Waals surface area contributed by atoms with Crippen molar-refractivity contribution in [2.45, 2.75) is 25.5 Å². The number of ether oxygens (including phenoxy) is 2. The SMILES string of the molecule is CC1CC(Oc2ccc(N)c(C(N)=S)c2)C(=O)N1c1ccc(N2CCOCC2=O)cc1. The van der Waals surface area contributed by atoms with Crippen LogP contribution in [0.15, 0.2) is 42.5 Å². The van der Waals surface area contributed by atoms with E-state index in [1.54, 1.807) is 28.0 Å². The highest BCUT2D eigenvalue weighted by Gasteiger charge is 2.39. The van der Waals surface area contributed by atoms with Crippen LogP contribution in [0.5, 0.6) is 5.75 Å². The molecule has 2 saturated heterocycles. The summed E-state index contributed by atoms with van der Waals surface area (Å²) in [4.78, 5) is 28.7. The fourth-order valence-electron chi connectivity index (χ4n) is 3.94. The van der Waals surface area contributed by atoms with E-state index in [0.717, 1.165) is 11.4 Å². The molecule has 4 N–H and O–H groups in total. The quantitative estimate of drug-likeness (QED) is 0.539. The number of carbonyl (C=O) groups excluding carboxylic acids is 2. The third kappa shape index (κ3) is 4.19. The number of nitrogens with zero attached hydrogens (tertiary/aromatic N) is 2. The summed E-state index contributed by atoms with van der Waals surface area (Å²) in [5.41, 5.74) is 14.1. The third-order valence-electron chi connectivity index (χ3n) is 5.50. The molecule has 2 aliphatic rings. The monoisotopic (exact) mass is 440 g/mol. The minimum Gasteiger partial charge on any atom is -0.480 e. The number of nitrogen functional groups attached to an aromatic ring is 1. The third-order valence-corrected chi connectivity index (χ3v) is 5.72. The van der Waals surface area contributed by atoms with Crippen LogP contribution >= 0.6 is 12.2 Å². The van der Waals surface area contributed by atoms with Crippen molar-refractivity contribution in [3.63, 3.8) is 0 Å². The fourth-order valence-corrected chi connectivity index (χ4v) is 4.12. The van der Waals surface area contributed by atoms with E-state index < -0.39 is 6.10 Å². The zero-order chi connectivity index (χ0) is 22.1. The Labute approximate surface area is 185 Å². The number of thiocarbonyl (C=S) groups is 1. The molecule has 2 atom stereocenters. The minimum atomic E-state index is -0.627. The van der Waals surface area contributed by atoms with E-state index in [-0.39, 0.29) is 29.5 Å². The second kappa shape index (κ2) is 8.52. The predicted octanol–water partition coefficient (Wildman–Crippen LogP) is 1.84. The summed E-state index contributed by atoms with van der Waals surface area (Å²) in [5, 5.41) is 0. The number of morpholine rings is 1. The van der Waals surface area contributed by atoms with Crippen LogP contribution in [0.2, 0.25) is 0 Å². The predicted molar refractivity (Wildman–Crippen MR) is 122 cm³/mol. The Hall–Kier alpha value is -3.17. The molecular weight excluding hydrogens is 416 g/mol. The molecule has 0 spiro atoms. The van der Waals surface area contributed by atoms with Crippen LogP contribution in [0.25, 0.3) is 0 Å². The molecule has 31 heavy (non-hydrogen) atoms. The molecule has 0 radical (unpaired) electrons. The van der Waals surface area contributed by atoms with Gasteiger partial charge >= 0.3 is 0 Å². The Morgan fingerprint density at radius 2 is 1.87 bits per heavy atom. The molecule has 4 rings (SSSR count). The Bertz CT molecular complexity index is 1030. The molecule has 2 aromatic rings. The molecule has 0 saturated carbocycles. The van der Waals surface area contributed by atoms with Crippen LogP contribution < -0.4 is 26.0 Å². The van der Waals surface area contributed by atoms with Crippen LogP contribution in [0.1, 0.15) is 18.9 Å². The van der Waals surface area contributed by atoms with Gasteiger partial charge in [0, 0.05) is 41.6 Å². The summed E-state index contributed by atoms with van der Waals surface area (Å²) < 4.78 is 11.1. The van der Waals surface area contributed by atoms with Gasteiger partial charge in [0.2, 0.25) is 0 Å². The Balaban J connectivity index is 1.49. The van der Waals surface area contributed by atoms with Crippen molar-refractivity contribution >= 4 is 46.1 Å². The van der Waals surface area contributed by atoms with Crippen molar-refractivity contribution in [3.05, 3.63) is 48.0 Å². The lowest BCUT2D eigenvalue weighted by molar-refractivity contribution is -0.125. The van der Waals surface area contributed by atoms with Gasteiger partial charge in [-0.3, -0.25) is 9.59 Å². The molecule has 8 nitrogen and oxygen atoms in total. The first kappa shape index (κ1) is 21.1. The van der Waals surface area contributed by atoms with Gasteiger partial charge in [-0.1, -0.05) is 12.2 Å². The summed E-state index contributed by atoms with van der Waals surface area (Å²) in [6.07, 6.45) is -0.0895. The van der Waals surface area contributed by atoms with Crippen molar-refractivity contribution in [3.8, 4) is 5.75 Å². The van der Waals surface area contributed by atoms with Crippen molar-refractivity contribution in [2.24, 2.45) is 5.73 Å². The molecule has 2 unspecified atom stereocenters. The zero-order valence-electron chi connectivity index (χ0n) is 17.1. The second-order valence-electron chi connectivity index (χ2n) is 7.63. The standard InChI is InChI=1S/C22H24N4O4S/c1-13-10-19(30-16-6-7-18(23)17(11-16)21(24)31)22(28)26(13)15-4-2-14(3-5-15)25-8-9-29-12-20(25)27/h2-7,11,13,19H,8-10,12,23H2,1H3,(H2,24,31). The summed E-state index contributed by atoms with van der Waals surface area (Å²) in [6, 6.07) is 12.4. The normalized spacial score (nSPS) is 21.5. The van der Waals surface area contributed by atoms with Gasteiger partial charge in [-0.15, -0.1) is 0 Å². The maximum Gasteiger partial charge on any atom is 0.268 e. The van der Waals surface area contributed by atoms with E-state index in [1.807, 2.05) is 31.2 Å². The molecule has 2 heterocycles. The zero-order valence-corrected chi connectivity index (χ0v) is 17.9. The molecule has 162 valence electrons. The largest absolute Gasteiger partial charge is 0.480 e. The summed E-state index contributed by atoms with van der Waals surface area (Å²) in [7, 11) is 0. The van der Waals surface area contributed by atoms with E-state index in [2.05, 4.69) is 0 Å². The minimum absolute atomic E-state index is 0.0443. The number of nitrogens with two attached hydrogens (primary N) is 2. The number of hydrogen-bond acceptors (Lipinski definition) is 6.